The van der Waals surface area contributed by atoms with Gasteiger partial charge in [-0.25, -0.2) is 9.69 Å². The Kier molecular flexibility index (Phi) is 7.53. The Bertz CT molecular complexity index is 1240. The first-order chi connectivity index (χ1) is 17.4. The molecule has 0 spiro atoms. The van der Waals surface area contributed by atoms with Crippen molar-refractivity contribution < 1.29 is 23.9 Å². The molecule has 186 valence electrons. The lowest BCUT2D eigenvalue weighted by Crippen LogP contribution is -2.37. The Labute approximate surface area is 210 Å². The van der Waals surface area contributed by atoms with Crippen molar-refractivity contribution in [2.24, 2.45) is 0 Å². The lowest BCUT2D eigenvalue weighted by molar-refractivity contribution is -0.124. The van der Waals surface area contributed by atoms with Crippen LogP contribution in [0.4, 0.5) is 16.2 Å². The van der Waals surface area contributed by atoms with Gasteiger partial charge in [0, 0.05) is 12.2 Å². The number of urea groups is 1. The van der Waals surface area contributed by atoms with Crippen LogP contribution in [-0.4, -0.2) is 42.5 Å². The highest BCUT2D eigenvalue weighted by Crippen LogP contribution is 2.29. The Hall–Kier alpha value is -4.33. The van der Waals surface area contributed by atoms with Crippen molar-refractivity contribution in [2.45, 2.75) is 32.9 Å². The van der Waals surface area contributed by atoms with E-state index in [1.807, 2.05) is 32.0 Å². The van der Waals surface area contributed by atoms with Crippen molar-refractivity contribution in [1.82, 2.24) is 4.90 Å². The molecule has 3 aromatic carbocycles. The highest BCUT2D eigenvalue weighted by Gasteiger charge is 2.46. The van der Waals surface area contributed by atoms with Crippen LogP contribution in [0.15, 0.2) is 72.8 Å². The number of rotatable bonds is 9. The Morgan fingerprint density at radius 3 is 2.31 bits per heavy atom. The van der Waals surface area contributed by atoms with Crippen molar-refractivity contribution in [3.05, 3.63) is 83.9 Å². The van der Waals surface area contributed by atoms with Crippen molar-refractivity contribution in [1.29, 1.82) is 0 Å². The quantitative estimate of drug-likeness (QED) is 0.440. The van der Waals surface area contributed by atoms with Crippen LogP contribution in [0, 0.1) is 6.92 Å². The average molecular weight is 488 g/mol. The molecule has 0 aliphatic carbocycles. The number of hydrogen-bond donors (Lipinski definition) is 1. The Morgan fingerprint density at radius 1 is 0.972 bits per heavy atom. The van der Waals surface area contributed by atoms with Crippen LogP contribution in [0.2, 0.25) is 0 Å². The van der Waals surface area contributed by atoms with Crippen LogP contribution in [0.3, 0.4) is 0 Å². The van der Waals surface area contributed by atoms with Gasteiger partial charge in [0.1, 0.15) is 17.5 Å². The summed E-state index contributed by atoms with van der Waals surface area (Å²) < 4.78 is 10.6. The topological polar surface area (TPSA) is 88.2 Å². The standard InChI is InChI=1S/C28H29N3O5/c1-4-36-24-14-10-21(11-15-24)29-26(32)17-25-27(33)31(22-7-5-6-19(2)16-22)28(34)30(25)18-20-8-12-23(35-3)13-9-20/h5-16,25H,4,17-18H2,1-3H3,(H,29,32)/t25-/m1/s1. The zero-order valence-electron chi connectivity index (χ0n) is 20.6. The summed E-state index contributed by atoms with van der Waals surface area (Å²) in [6, 6.07) is 20.0. The van der Waals surface area contributed by atoms with Crippen molar-refractivity contribution in [3.8, 4) is 11.5 Å². The first-order valence-corrected chi connectivity index (χ1v) is 11.8. The van der Waals surface area contributed by atoms with Gasteiger partial charge in [-0.05, 0) is 73.5 Å². The van der Waals surface area contributed by atoms with E-state index in [0.717, 1.165) is 16.0 Å². The number of benzene rings is 3. The van der Waals surface area contributed by atoms with Gasteiger partial charge in [0.05, 0.1) is 25.8 Å². The van der Waals surface area contributed by atoms with Crippen LogP contribution in [0.25, 0.3) is 0 Å². The highest BCUT2D eigenvalue weighted by atomic mass is 16.5. The summed E-state index contributed by atoms with van der Waals surface area (Å²) in [5.74, 6) is 0.596. The molecule has 1 saturated heterocycles. The van der Waals surface area contributed by atoms with Gasteiger partial charge in [0.2, 0.25) is 5.91 Å². The third-order valence-corrected chi connectivity index (χ3v) is 5.92. The average Bonchev–Trinajstić information content (AvgIpc) is 3.09. The van der Waals surface area contributed by atoms with E-state index in [-0.39, 0.29) is 18.9 Å². The van der Waals surface area contributed by atoms with Gasteiger partial charge < -0.3 is 19.7 Å². The zero-order chi connectivity index (χ0) is 25.7. The van der Waals surface area contributed by atoms with Gasteiger partial charge in [-0.1, -0.05) is 24.3 Å². The molecule has 0 saturated carbocycles. The van der Waals surface area contributed by atoms with Crippen LogP contribution in [0.5, 0.6) is 11.5 Å². The third-order valence-electron chi connectivity index (χ3n) is 5.92. The molecule has 4 amide bonds. The largest absolute Gasteiger partial charge is 0.497 e. The van der Waals surface area contributed by atoms with Crippen LogP contribution >= 0.6 is 0 Å². The lowest BCUT2D eigenvalue weighted by Gasteiger charge is -2.22. The van der Waals surface area contributed by atoms with E-state index < -0.39 is 18.0 Å². The maximum atomic E-state index is 13.5. The minimum atomic E-state index is -0.942. The van der Waals surface area contributed by atoms with Crippen LogP contribution in [0.1, 0.15) is 24.5 Å². The van der Waals surface area contributed by atoms with Gasteiger partial charge in [0.15, 0.2) is 0 Å². The summed E-state index contributed by atoms with van der Waals surface area (Å²) in [6.45, 7) is 4.52. The normalized spacial score (nSPS) is 15.2. The summed E-state index contributed by atoms with van der Waals surface area (Å²) in [5.41, 5.74) is 2.81. The zero-order valence-corrected chi connectivity index (χ0v) is 20.6. The molecule has 0 unspecified atom stereocenters. The molecule has 8 heteroatoms. The first-order valence-electron chi connectivity index (χ1n) is 11.8. The Balaban J connectivity index is 1.56. The summed E-state index contributed by atoms with van der Waals surface area (Å²) in [4.78, 5) is 42.5. The van der Waals surface area contributed by atoms with Crippen molar-refractivity contribution in [2.75, 3.05) is 23.9 Å². The van der Waals surface area contributed by atoms with E-state index in [2.05, 4.69) is 5.32 Å². The van der Waals surface area contributed by atoms with E-state index in [4.69, 9.17) is 9.47 Å². The van der Waals surface area contributed by atoms with Crippen LogP contribution in [-0.2, 0) is 16.1 Å². The van der Waals surface area contributed by atoms with Gasteiger partial charge in [-0.15, -0.1) is 0 Å². The van der Waals surface area contributed by atoms with Gasteiger partial charge in [0.25, 0.3) is 5.91 Å². The molecule has 1 aliphatic heterocycles. The van der Waals surface area contributed by atoms with E-state index in [9.17, 15) is 14.4 Å². The van der Waals surface area contributed by atoms with Gasteiger partial charge >= 0.3 is 6.03 Å². The highest BCUT2D eigenvalue weighted by molar-refractivity contribution is 6.22. The van der Waals surface area contributed by atoms with Crippen molar-refractivity contribution >= 4 is 29.2 Å². The summed E-state index contributed by atoms with van der Waals surface area (Å²) >= 11 is 0. The second kappa shape index (κ2) is 10.9. The number of imide groups is 1. The van der Waals surface area contributed by atoms with E-state index in [1.54, 1.807) is 61.7 Å². The number of methoxy groups -OCH3 is 1. The predicted octanol–water partition coefficient (Wildman–Crippen LogP) is 4.77. The second-order valence-electron chi connectivity index (χ2n) is 8.50. The maximum Gasteiger partial charge on any atom is 0.332 e. The van der Waals surface area contributed by atoms with E-state index in [0.29, 0.717) is 29.5 Å². The number of hydrogen-bond acceptors (Lipinski definition) is 5. The van der Waals surface area contributed by atoms with Gasteiger partial charge in [-0.2, -0.15) is 0 Å². The molecule has 4 rings (SSSR count). The molecular formula is C28H29N3O5. The van der Waals surface area contributed by atoms with Crippen molar-refractivity contribution in [3.63, 3.8) is 0 Å². The SMILES string of the molecule is CCOc1ccc(NC(=O)C[C@@H]2C(=O)N(c3cccc(C)c3)C(=O)N2Cc2ccc(OC)cc2)cc1. The van der Waals surface area contributed by atoms with Crippen LogP contribution < -0.4 is 19.7 Å². The molecule has 0 aromatic heterocycles. The molecular weight excluding hydrogens is 458 g/mol. The number of ether oxygens (including phenoxy) is 2. The third kappa shape index (κ3) is 5.49. The number of carbonyl (C=O) groups is 3. The van der Waals surface area contributed by atoms with E-state index >= 15 is 0 Å². The maximum absolute atomic E-state index is 13.5. The number of anilines is 2. The molecule has 1 heterocycles. The summed E-state index contributed by atoms with van der Waals surface area (Å²) in [5, 5.41) is 2.82. The smallest absolute Gasteiger partial charge is 0.332 e. The van der Waals surface area contributed by atoms with E-state index in [1.165, 1.54) is 4.90 Å². The molecule has 1 N–H and O–H groups in total. The molecule has 1 fully saturated rings. The number of nitrogens with zero attached hydrogens (tertiary/aromatic N) is 2. The second-order valence-corrected chi connectivity index (χ2v) is 8.50. The molecule has 0 bridgehead atoms. The fourth-order valence-corrected chi connectivity index (χ4v) is 4.13. The number of amides is 4. The fraction of sp³-hybridized carbons (Fsp3) is 0.250. The minimum Gasteiger partial charge on any atom is -0.497 e. The molecule has 1 aliphatic rings. The van der Waals surface area contributed by atoms with Gasteiger partial charge in [-0.3, -0.25) is 9.59 Å². The Morgan fingerprint density at radius 2 is 1.67 bits per heavy atom. The minimum absolute atomic E-state index is 0.170. The number of carbonyl (C=O) groups excluding carboxylic acids is 3. The first kappa shape index (κ1) is 24.8. The molecule has 8 nitrogen and oxygen atoms in total. The predicted molar refractivity (Wildman–Crippen MR) is 137 cm³/mol. The lowest BCUT2D eigenvalue weighted by atomic mass is 10.1. The molecule has 3 aromatic rings. The number of nitrogens with one attached hydrogen (secondary N) is 1. The summed E-state index contributed by atoms with van der Waals surface area (Å²) in [7, 11) is 1.58. The fourth-order valence-electron chi connectivity index (χ4n) is 4.13. The molecule has 1 atom stereocenters. The summed E-state index contributed by atoms with van der Waals surface area (Å²) in [6.07, 6.45) is -0.170. The molecule has 0 radical (unpaired) electrons. The number of aryl methyl sites for hydroxylation is 1. The monoisotopic (exact) mass is 487 g/mol. The molecule has 36 heavy (non-hydrogen) atoms.